The maximum Gasteiger partial charge on any atom is 0.272 e. The number of nitro groups is 1. The normalized spacial score (nSPS) is 11.7. The average molecular weight is 290 g/mol. The third-order valence-corrected chi connectivity index (χ3v) is 2.60. The van der Waals surface area contributed by atoms with E-state index in [1.54, 1.807) is 0 Å². The second-order valence-electron chi connectivity index (χ2n) is 3.37. The topological polar surface area (TPSA) is 102 Å². The van der Waals surface area contributed by atoms with Crippen LogP contribution in [0.3, 0.4) is 0 Å². The molecule has 0 aliphatic carbocycles. The van der Waals surface area contributed by atoms with Crippen LogP contribution in [-0.2, 0) is 0 Å². The number of nitriles is 1. The van der Waals surface area contributed by atoms with Crippen LogP contribution in [0.15, 0.2) is 12.1 Å². The van der Waals surface area contributed by atoms with E-state index in [0.717, 1.165) is 12.1 Å². The molecule has 0 aromatic heterocycles. The molecule has 0 bridgehead atoms. The summed E-state index contributed by atoms with van der Waals surface area (Å²) in [6, 6.07) is 3.50. The minimum absolute atomic E-state index is 0.0414. The predicted octanol–water partition coefficient (Wildman–Crippen LogP) is 2.52. The Labute approximate surface area is 113 Å². The molecule has 0 heterocycles. The van der Waals surface area contributed by atoms with Gasteiger partial charge in [-0.25, -0.2) is 0 Å². The zero-order chi connectivity index (χ0) is 13.7. The molecular weight excluding hydrogens is 281 g/mol. The van der Waals surface area contributed by atoms with Crippen molar-refractivity contribution < 1.29 is 9.66 Å². The van der Waals surface area contributed by atoms with Crippen molar-refractivity contribution in [2.75, 3.05) is 6.61 Å². The van der Waals surface area contributed by atoms with Crippen molar-refractivity contribution in [1.29, 1.82) is 5.26 Å². The molecule has 0 fully saturated rings. The van der Waals surface area contributed by atoms with Gasteiger partial charge in [0.2, 0.25) is 0 Å². The first kappa shape index (κ1) is 14.5. The maximum atomic E-state index is 10.6. The van der Waals surface area contributed by atoms with E-state index in [-0.39, 0.29) is 28.1 Å². The van der Waals surface area contributed by atoms with Gasteiger partial charge in [-0.05, 0) is 0 Å². The standard InChI is InChI=1S/C10H9Cl2N3O3/c11-8-3-7(15(16)17)4-9(12)10(8)18-2-1-6(14)5-13/h3-4,6H,1-2,14H2. The van der Waals surface area contributed by atoms with Crippen molar-refractivity contribution in [3.8, 4) is 11.8 Å². The van der Waals surface area contributed by atoms with Gasteiger partial charge in [0, 0.05) is 18.6 Å². The van der Waals surface area contributed by atoms with Crippen LogP contribution < -0.4 is 10.5 Å². The fraction of sp³-hybridized carbons (Fsp3) is 0.300. The molecule has 0 saturated heterocycles. The molecular formula is C10H9Cl2N3O3. The first-order valence-electron chi connectivity index (χ1n) is 4.87. The quantitative estimate of drug-likeness (QED) is 0.663. The van der Waals surface area contributed by atoms with Crippen molar-refractivity contribution in [3.05, 3.63) is 32.3 Å². The van der Waals surface area contributed by atoms with Crippen LogP contribution in [0.4, 0.5) is 5.69 Å². The van der Waals surface area contributed by atoms with Crippen molar-refractivity contribution in [1.82, 2.24) is 0 Å². The van der Waals surface area contributed by atoms with E-state index in [1.807, 2.05) is 6.07 Å². The summed E-state index contributed by atoms with van der Waals surface area (Å²) in [7, 11) is 0. The van der Waals surface area contributed by atoms with Crippen LogP contribution in [0.25, 0.3) is 0 Å². The predicted molar refractivity (Wildman–Crippen MR) is 66.8 cm³/mol. The molecule has 2 N–H and O–H groups in total. The zero-order valence-corrected chi connectivity index (χ0v) is 10.6. The van der Waals surface area contributed by atoms with E-state index in [1.165, 1.54) is 0 Å². The summed E-state index contributed by atoms with van der Waals surface area (Å²) in [5.74, 6) is 0.147. The maximum absolute atomic E-state index is 10.6. The number of hydrogen-bond acceptors (Lipinski definition) is 5. The monoisotopic (exact) mass is 289 g/mol. The Hall–Kier alpha value is -1.55. The molecule has 6 nitrogen and oxygen atoms in total. The molecule has 1 rings (SSSR count). The Morgan fingerprint density at radius 3 is 2.50 bits per heavy atom. The second kappa shape index (κ2) is 6.40. The van der Waals surface area contributed by atoms with Gasteiger partial charge in [-0.15, -0.1) is 0 Å². The molecule has 96 valence electrons. The number of nitrogens with zero attached hydrogens (tertiary/aromatic N) is 2. The summed E-state index contributed by atoms with van der Waals surface area (Å²) in [6.07, 6.45) is 0.306. The number of ether oxygens (including phenoxy) is 1. The van der Waals surface area contributed by atoms with Gasteiger partial charge in [0.05, 0.1) is 33.7 Å². The number of benzene rings is 1. The average Bonchev–Trinajstić information content (AvgIpc) is 2.31. The Morgan fingerprint density at radius 2 is 2.06 bits per heavy atom. The molecule has 0 spiro atoms. The Kier molecular flexibility index (Phi) is 5.16. The summed E-state index contributed by atoms with van der Waals surface area (Å²) in [5, 5.41) is 19.1. The first-order valence-corrected chi connectivity index (χ1v) is 5.62. The first-order chi connectivity index (χ1) is 8.45. The summed E-state index contributed by atoms with van der Waals surface area (Å²) in [4.78, 5) is 9.95. The highest BCUT2D eigenvalue weighted by Gasteiger charge is 2.15. The van der Waals surface area contributed by atoms with Crippen LogP contribution >= 0.6 is 23.2 Å². The third kappa shape index (κ3) is 3.74. The SMILES string of the molecule is N#CC(N)CCOc1c(Cl)cc([N+](=O)[O-])cc1Cl. The van der Waals surface area contributed by atoms with E-state index in [0.29, 0.717) is 6.42 Å². The minimum atomic E-state index is -0.638. The third-order valence-electron chi connectivity index (χ3n) is 2.03. The number of nitrogens with two attached hydrogens (primary N) is 1. The highest BCUT2D eigenvalue weighted by molar-refractivity contribution is 6.37. The fourth-order valence-corrected chi connectivity index (χ4v) is 1.73. The molecule has 8 heteroatoms. The number of nitro benzene ring substituents is 1. The Bertz CT molecular complexity index is 479. The van der Waals surface area contributed by atoms with Gasteiger partial charge < -0.3 is 10.5 Å². The van der Waals surface area contributed by atoms with Crippen molar-refractivity contribution in [2.24, 2.45) is 5.73 Å². The lowest BCUT2D eigenvalue weighted by molar-refractivity contribution is -0.384. The number of non-ortho nitro benzene ring substituents is 1. The highest BCUT2D eigenvalue weighted by Crippen LogP contribution is 2.36. The molecule has 0 radical (unpaired) electrons. The molecule has 0 aliphatic heterocycles. The molecule has 1 unspecified atom stereocenters. The van der Waals surface area contributed by atoms with Crippen LogP contribution in [0, 0.1) is 21.4 Å². The Balaban J connectivity index is 2.79. The molecule has 0 saturated carbocycles. The van der Waals surface area contributed by atoms with E-state index in [2.05, 4.69) is 0 Å². The van der Waals surface area contributed by atoms with E-state index in [4.69, 9.17) is 38.9 Å². The van der Waals surface area contributed by atoms with Crippen LogP contribution in [-0.4, -0.2) is 17.6 Å². The lowest BCUT2D eigenvalue weighted by Gasteiger charge is -2.10. The molecule has 18 heavy (non-hydrogen) atoms. The van der Waals surface area contributed by atoms with Gasteiger partial charge in [-0.3, -0.25) is 10.1 Å². The number of halogens is 2. The fourth-order valence-electron chi connectivity index (χ4n) is 1.14. The van der Waals surface area contributed by atoms with E-state index < -0.39 is 11.0 Å². The van der Waals surface area contributed by atoms with Crippen molar-refractivity contribution in [2.45, 2.75) is 12.5 Å². The number of rotatable bonds is 5. The van der Waals surface area contributed by atoms with Crippen molar-refractivity contribution >= 4 is 28.9 Å². The van der Waals surface area contributed by atoms with Gasteiger partial charge in [0.1, 0.15) is 0 Å². The molecule has 0 amide bonds. The molecule has 1 aromatic rings. The van der Waals surface area contributed by atoms with Gasteiger partial charge in [-0.1, -0.05) is 23.2 Å². The molecule has 1 aromatic carbocycles. The Morgan fingerprint density at radius 1 is 1.50 bits per heavy atom. The summed E-state index contributed by atoms with van der Waals surface area (Å²) >= 11 is 11.6. The molecule has 0 aliphatic rings. The van der Waals surface area contributed by atoms with E-state index >= 15 is 0 Å². The highest BCUT2D eigenvalue weighted by atomic mass is 35.5. The van der Waals surface area contributed by atoms with Crippen LogP contribution in [0.2, 0.25) is 10.0 Å². The largest absolute Gasteiger partial charge is 0.490 e. The smallest absolute Gasteiger partial charge is 0.272 e. The summed E-state index contributed by atoms with van der Waals surface area (Å²) < 4.78 is 5.26. The van der Waals surface area contributed by atoms with Crippen LogP contribution in [0.1, 0.15) is 6.42 Å². The molecule has 1 atom stereocenters. The lowest BCUT2D eigenvalue weighted by Crippen LogP contribution is -2.20. The van der Waals surface area contributed by atoms with Gasteiger partial charge in [-0.2, -0.15) is 5.26 Å². The second-order valence-corrected chi connectivity index (χ2v) is 4.18. The van der Waals surface area contributed by atoms with E-state index in [9.17, 15) is 10.1 Å². The van der Waals surface area contributed by atoms with Gasteiger partial charge in [0.15, 0.2) is 5.75 Å². The van der Waals surface area contributed by atoms with Gasteiger partial charge >= 0.3 is 0 Å². The lowest BCUT2D eigenvalue weighted by atomic mass is 10.2. The minimum Gasteiger partial charge on any atom is -0.490 e. The number of hydrogen-bond donors (Lipinski definition) is 1. The van der Waals surface area contributed by atoms with Gasteiger partial charge in [0.25, 0.3) is 5.69 Å². The van der Waals surface area contributed by atoms with Crippen molar-refractivity contribution in [3.63, 3.8) is 0 Å². The summed E-state index contributed by atoms with van der Waals surface area (Å²) in [5.41, 5.74) is 5.16. The summed E-state index contributed by atoms with van der Waals surface area (Å²) in [6.45, 7) is 0.145. The zero-order valence-electron chi connectivity index (χ0n) is 9.10. The van der Waals surface area contributed by atoms with Crippen LogP contribution in [0.5, 0.6) is 5.75 Å².